The molecule has 0 unspecified atom stereocenters. The summed E-state index contributed by atoms with van der Waals surface area (Å²) in [6, 6.07) is 3.22. The van der Waals surface area contributed by atoms with Crippen molar-refractivity contribution in [3.05, 3.63) is 27.7 Å². The van der Waals surface area contributed by atoms with Gasteiger partial charge in [-0.1, -0.05) is 23.2 Å². The predicted octanol–water partition coefficient (Wildman–Crippen LogP) is 3.20. The summed E-state index contributed by atoms with van der Waals surface area (Å²) < 4.78 is 5.25. The van der Waals surface area contributed by atoms with Crippen molar-refractivity contribution in [3.63, 3.8) is 0 Å². The molecule has 0 spiro atoms. The Kier molecular flexibility index (Phi) is 5.36. The van der Waals surface area contributed by atoms with E-state index in [4.69, 9.17) is 33.7 Å². The fraction of sp³-hybridized carbons (Fsp3) is 0.533. The summed E-state index contributed by atoms with van der Waals surface area (Å²) in [5, 5.41) is 0.721. The van der Waals surface area contributed by atoms with Gasteiger partial charge in [-0.15, -0.1) is 0 Å². The van der Waals surface area contributed by atoms with E-state index >= 15 is 0 Å². The lowest BCUT2D eigenvalue weighted by Crippen LogP contribution is -2.45. The Hall–Kier alpha value is -0.970. The van der Waals surface area contributed by atoms with Gasteiger partial charge in [0.2, 0.25) is 0 Å². The van der Waals surface area contributed by atoms with Crippen LogP contribution < -0.4 is 10.5 Å². The molecule has 1 aromatic carbocycles. The molecule has 0 aromatic heterocycles. The number of nitrogens with two attached hydrogens (primary N) is 1. The summed E-state index contributed by atoms with van der Waals surface area (Å²) in [4.78, 5) is 14.5. The topological polar surface area (TPSA) is 55.6 Å². The lowest BCUT2D eigenvalue weighted by molar-refractivity contribution is 0.0657. The minimum Gasteiger partial charge on any atom is -0.496 e. The van der Waals surface area contributed by atoms with Gasteiger partial charge in [-0.3, -0.25) is 4.79 Å². The summed E-state index contributed by atoms with van der Waals surface area (Å²) in [5.74, 6) is 0.685. The van der Waals surface area contributed by atoms with E-state index in [0.29, 0.717) is 33.8 Å². The summed E-state index contributed by atoms with van der Waals surface area (Å²) in [5.41, 5.74) is 6.41. The molecule has 6 heteroatoms. The number of ether oxygens (including phenoxy) is 1. The van der Waals surface area contributed by atoms with Gasteiger partial charge in [0.15, 0.2) is 0 Å². The van der Waals surface area contributed by atoms with Crippen molar-refractivity contribution < 1.29 is 9.53 Å². The van der Waals surface area contributed by atoms with Gasteiger partial charge in [0.1, 0.15) is 5.75 Å². The predicted molar refractivity (Wildman–Crippen MR) is 85.3 cm³/mol. The van der Waals surface area contributed by atoms with Gasteiger partial charge < -0.3 is 15.4 Å². The van der Waals surface area contributed by atoms with Gasteiger partial charge in [-0.2, -0.15) is 0 Å². The van der Waals surface area contributed by atoms with Crippen LogP contribution in [0.2, 0.25) is 10.0 Å². The maximum atomic E-state index is 12.7. The summed E-state index contributed by atoms with van der Waals surface area (Å²) in [7, 11) is 1.51. The van der Waals surface area contributed by atoms with Crippen LogP contribution in [-0.4, -0.2) is 37.0 Å². The third kappa shape index (κ3) is 3.62. The number of hydrogen-bond donors (Lipinski definition) is 1. The molecule has 1 saturated heterocycles. The molecular weight excluding hydrogens is 311 g/mol. The van der Waals surface area contributed by atoms with Crippen molar-refractivity contribution in [3.8, 4) is 5.75 Å². The first-order valence-electron chi connectivity index (χ1n) is 7.02. The molecular formula is C15H20Cl2N2O2. The molecule has 1 aliphatic rings. The molecule has 0 saturated carbocycles. The highest BCUT2D eigenvalue weighted by Gasteiger charge is 2.28. The van der Waals surface area contributed by atoms with Crippen LogP contribution in [0.3, 0.4) is 0 Å². The first-order valence-corrected chi connectivity index (χ1v) is 7.77. The van der Waals surface area contributed by atoms with E-state index in [2.05, 4.69) is 0 Å². The Bertz CT molecular complexity index is 535. The van der Waals surface area contributed by atoms with Crippen LogP contribution in [0.1, 0.15) is 30.1 Å². The van der Waals surface area contributed by atoms with Crippen LogP contribution in [0.25, 0.3) is 0 Å². The summed E-state index contributed by atoms with van der Waals surface area (Å²) >= 11 is 12.0. The molecule has 21 heavy (non-hydrogen) atoms. The number of nitrogens with zero attached hydrogens (tertiary/aromatic N) is 1. The Balaban J connectivity index is 2.25. The second kappa shape index (κ2) is 6.86. The Morgan fingerprint density at radius 1 is 1.43 bits per heavy atom. The van der Waals surface area contributed by atoms with Gasteiger partial charge in [-0.05, 0) is 31.7 Å². The van der Waals surface area contributed by atoms with E-state index in [0.717, 1.165) is 19.4 Å². The normalized spacial score (nSPS) is 20.2. The van der Waals surface area contributed by atoms with Gasteiger partial charge in [-0.25, -0.2) is 0 Å². The molecule has 2 atom stereocenters. The number of amides is 1. The van der Waals surface area contributed by atoms with E-state index in [-0.39, 0.29) is 11.9 Å². The molecule has 2 rings (SSSR count). The first-order chi connectivity index (χ1) is 9.93. The number of likely N-dealkylation sites (tertiary alicyclic amines) is 1. The standard InChI is InChI=1S/C15H20Cl2N2O2/c1-9(18)10-4-3-5-19(8-10)15(20)11-6-12(16)13(17)7-14(11)21-2/h6-7,9-10H,3-5,8,18H2,1-2H3/t9-,10+/m1/s1. The molecule has 1 amide bonds. The highest BCUT2D eigenvalue weighted by atomic mass is 35.5. The van der Waals surface area contributed by atoms with Crippen molar-refractivity contribution in [2.24, 2.45) is 11.7 Å². The fourth-order valence-electron chi connectivity index (χ4n) is 2.66. The molecule has 1 heterocycles. The van der Waals surface area contributed by atoms with Crippen LogP contribution in [0.5, 0.6) is 5.75 Å². The summed E-state index contributed by atoms with van der Waals surface area (Å²) in [6.07, 6.45) is 2.02. The van der Waals surface area contributed by atoms with Gasteiger partial charge >= 0.3 is 0 Å². The maximum absolute atomic E-state index is 12.7. The Labute approximate surface area is 135 Å². The van der Waals surface area contributed by atoms with E-state index in [1.807, 2.05) is 11.8 Å². The second-order valence-corrected chi connectivity index (χ2v) is 6.29. The van der Waals surface area contributed by atoms with Crippen LogP contribution in [0, 0.1) is 5.92 Å². The SMILES string of the molecule is COc1cc(Cl)c(Cl)cc1C(=O)N1CCC[C@H]([C@@H](C)N)C1. The Morgan fingerprint density at radius 3 is 2.71 bits per heavy atom. The average Bonchev–Trinajstić information content (AvgIpc) is 2.48. The lowest BCUT2D eigenvalue weighted by Gasteiger charge is -2.35. The Morgan fingerprint density at radius 2 is 2.10 bits per heavy atom. The lowest BCUT2D eigenvalue weighted by atomic mass is 9.92. The van der Waals surface area contributed by atoms with Crippen LogP contribution in [-0.2, 0) is 0 Å². The quantitative estimate of drug-likeness (QED) is 0.925. The molecule has 1 fully saturated rings. The van der Waals surface area contributed by atoms with Crippen molar-refractivity contribution >= 4 is 29.1 Å². The van der Waals surface area contributed by atoms with Gasteiger partial charge in [0.05, 0.1) is 22.7 Å². The average molecular weight is 331 g/mol. The number of benzene rings is 1. The van der Waals surface area contributed by atoms with Crippen molar-refractivity contribution in [2.45, 2.75) is 25.8 Å². The molecule has 0 bridgehead atoms. The monoisotopic (exact) mass is 330 g/mol. The third-order valence-electron chi connectivity index (χ3n) is 3.96. The number of halogens is 2. The molecule has 0 radical (unpaired) electrons. The molecule has 1 aliphatic heterocycles. The number of rotatable bonds is 3. The third-order valence-corrected chi connectivity index (χ3v) is 4.68. The number of piperidine rings is 1. The zero-order valence-electron chi connectivity index (χ0n) is 12.2. The van der Waals surface area contributed by atoms with Crippen LogP contribution in [0.4, 0.5) is 0 Å². The van der Waals surface area contributed by atoms with E-state index in [1.165, 1.54) is 7.11 Å². The fourth-order valence-corrected chi connectivity index (χ4v) is 2.98. The van der Waals surface area contributed by atoms with E-state index in [1.54, 1.807) is 12.1 Å². The zero-order chi connectivity index (χ0) is 15.6. The number of carbonyl (C=O) groups is 1. The largest absolute Gasteiger partial charge is 0.496 e. The highest BCUT2D eigenvalue weighted by Crippen LogP contribution is 2.32. The van der Waals surface area contributed by atoms with Crippen molar-refractivity contribution in [2.75, 3.05) is 20.2 Å². The molecule has 1 aromatic rings. The number of hydrogen-bond acceptors (Lipinski definition) is 3. The van der Waals surface area contributed by atoms with Crippen molar-refractivity contribution in [1.82, 2.24) is 4.90 Å². The molecule has 0 aliphatic carbocycles. The van der Waals surface area contributed by atoms with Crippen LogP contribution in [0.15, 0.2) is 12.1 Å². The zero-order valence-corrected chi connectivity index (χ0v) is 13.7. The van der Waals surface area contributed by atoms with Crippen LogP contribution >= 0.6 is 23.2 Å². The van der Waals surface area contributed by atoms with E-state index < -0.39 is 0 Å². The summed E-state index contributed by atoms with van der Waals surface area (Å²) in [6.45, 7) is 3.38. The molecule has 116 valence electrons. The van der Waals surface area contributed by atoms with Crippen molar-refractivity contribution in [1.29, 1.82) is 0 Å². The first kappa shape index (κ1) is 16.4. The minimum atomic E-state index is -0.0873. The number of methoxy groups -OCH3 is 1. The van der Waals surface area contributed by atoms with E-state index in [9.17, 15) is 4.79 Å². The molecule has 2 N–H and O–H groups in total. The van der Waals surface area contributed by atoms with Gasteiger partial charge in [0, 0.05) is 25.2 Å². The molecule has 4 nitrogen and oxygen atoms in total. The highest BCUT2D eigenvalue weighted by molar-refractivity contribution is 6.42. The maximum Gasteiger partial charge on any atom is 0.257 e. The number of carbonyl (C=O) groups excluding carboxylic acids is 1. The second-order valence-electron chi connectivity index (χ2n) is 5.48. The smallest absolute Gasteiger partial charge is 0.257 e. The minimum absolute atomic E-state index is 0.0799. The van der Waals surface area contributed by atoms with Gasteiger partial charge in [0.25, 0.3) is 5.91 Å².